The second-order valence-electron chi connectivity index (χ2n) is 30.4. The molecule has 6 heteroatoms. The van der Waals surface area contributed by atoms with Gasteiger partial charge in [-0.3, -0.25) is 4.98 Å². The molecule has 0 amide bonds. The lowest BCUT2D eigenvalue weighted by Crippen LogP contribution is -2.25. The maximum Gasteiger partial charge on any atom is 0.0725 e. The van der Waals surface area contributed by atoms with Crippen LogP contribution < -0.4 is 21.3 Å². The monoisotopic (exact) mass is 1440 g/mol. The van der Waals surface area contributed by atoms with Crippen LogP contribution in [-0.2, 0) is 16.2 Å². The SMILES string of the molecule is CC1(C)c2ccc3ccccc3c2-c2cccc(Nc3ccccc3)c21.CC1(C)c2ccccc2-c2c(Nc3ccccc3)cccc21.c1ccc(Nc2ccc3c(c2)-c2ccccc2C32c3ccccc3-c3ccccc32)cc1.c1ccc(Nc2ccc3c4ccccc4n(-c4ccc(-c5ccccn5)cc4)c3c2)cc1. The fourth-order valence-corrected chi connectivity index (χ4v) is 18.2. The van der Waals surface area contributed by atoms with Crippen molar-refractivity contribution in [2.24, 2.45) is 0 Å². The van der Waals surface area contributed by atoms with Crippen molar-refractivity contribution >= 4 is 78.1 Å². The molecular formula is C106H82N6. The predicted molar refractivity (Wildman–Crippen MR) is 471 cm³/mol. The van der Waals surface area contributed by atoms with E-state index in [1.54, 1.807) is 0 Å². The highest BCUT2D eigenvalue weighted by molar-refractivity contribution is 6.10. The Bertz CT molecular complexity index is 6500. The minimum atomic E-state index is -0.260. The van der Waals surface area contributed by atoms with Gasteiger partial charge in [0.2, 0.25) is 0 Å². The van der Waals surface area contributed by atoms with Gasteiger partial charge in [0.05, 0.1) is 22.1 Å². The number of hydrogen-bond donors (Lipinski definition) is 4. The topological polar surface area (TPSA) is 65.9 Å². The Morgan fingerprint density at radius 1 is 0.259 bits per heavy atom. The van der Waals surface area contributed by atoms with Crippen LogP contribution in [0.1, 0.15) is 72.2 Å². The maximum absolute atomic E-state index is 4.48. The van der Waals surface area contributed by atoms with E-state index in [0.29, 0.717) is 0 Å². The Morgan fingerprint density at radius 2 is 0.705 bits per heavy atom. The zero-order valence-corrected chi connectivity index (χ0v) is 63.0. The summed E-state index contributed by atoms with van der Waals surface area (Å²) in [5, 5.41) is 19.5. The lowest BCUT2D eigenvalue weighted by atomic mass is 9.70. The number of rotatable bonds is 10. The Morgan fingerprint density at radius 3 is 1.33 bits per heavy atom. The summed E-state index contributed by atoms with van der Waals surface area (Å²) in [6.07, 6.45) is 1.83. The zero-order chi connectivity index (χ0) is 75.3. The molecule has 0 saturated heterocycles. The molecule has 16 aromatic carbocycles. The summed E-state index contributed by atoms with van der Waals surface area (Å²) in [5.74, 6) is 0. The van der Waals surface area contributed by atoms with Gasteiger partial charge in [-0.15, -0.1) is 0 Å². The van der Waals surface area contributed by atoms with Gasteiger partial charge >= 0.3 is 0 Å². The average Bonchev–Trinajstić information content (AvgIpc) is 1.51. The number of benzene rings is 16. The van der Waals surface area contributed by atoms with Gasteiger partial charge in [-0.2, -0.15) is 0 Å². The largest absolute Gasteiger partial charge is 0.356 e. The van der Waals surface area contributed by atoms with Crippen molar-refractivity contribution in [2.45, 2.75) is 43.9 Å². The fourth-order valence-electron chi connectivity index (χ4n) is 18.2. The van der Waals surface area contributed by atoms with Gasteiger partial charge in [-0.1, -0.05) is 307 Å². The molecule has 22 rings (SSSR count). The average molecular weight is 1440 g/mol. The normalized spacial score (nSPS) is 13.2. The first-order valence-corrected chi connectivity index (χ1v) is 38.7. The Labute approximate surface area is 655 Å². The maximum atomic E-state index is 4.48. The molecule has 0 fully saturated rings. The smallest absolute Gasteiger partial charge is 0.0725 e. The third kappa shape index (κ3) is 12.0. The van der Waals surface area contributed by atoms with Gasteiger partial charge in [0.1, 0.15) is 0 Å². The number of nitrogens with zero attached hydrogens (tertiary/aromatic N) is 2. The second kappa shape index (κ2) is 28.5. The summed E-state index contributed by atoms with van der Waals surface area (Å²) in [7, 11) is 0. The van der Waals surface area contributed by atoms with E-state index in [1.165, 1.54) is 133 Å². The van der Waals surface area contributed by atoms with Crippen LogP contribution >= 0.6 is 0 Å². The molecule has 6 nitrogen and oxygen atoms in total. The number of aromatic nitrogens is 2. The first kappa shape index (κ1) is 68.5. The van der Waals surface area contributed by atoms with Crippen LogP contribution in [0.5, 0.6) is 0 Å². The van der Waals surface area contributed by atoms with Crippen molar-refractivity contribution in [1.29, 1.82) is 0 Å². The van der Waals surface area contributed by atoms with E-state index in [9.17, 15) is 0 Å². The summed E-state index contributed by atoms with van der Waals surface area (Å²) in [4.78, 5) is 4.48. The highest BCUT2D eigenvalue weighted by atomic mass is 15.0. The summed E-state index contributed by atoms with van der Waals surface area (Å²) in [6.45, 7) is 9.29. The van der Waals surface area contributed by atoms with Crippen LogP contribution in [0.3, 0.4) is 0 Å². The first-order valence-electron chi connectivity index (χ1n) is 38.7. The van der Waals surface area contributed by atoms with E-state index < -0.39 is 0 Å². The van der Waals surface area contributed by atoms with Gasteiger partial charge in [-0.25, -0.2) is 0 Å². The summed E-state index contributed by atoms with van der Waals surface area (Å²) < 4.78 is 2.34. The molecule has 2 heterocycles. The van der Waals surface area contributed by atoms with Crippen LogP contribution in [-0.4, -0.2) is 9.55 Å². The van der Waals surface area contributed by atoms with E-state index in [4.69, 9.17) is 0 Å². The number of anilines is 8. The Balaban J connectivity index is 0.000000102. The van der Waals surface area contributed by atoms with E-state index >= 15 is 0 Å². The van der Waals surface area contributed by atoms with Crippen LogP contribution in [0.4, 0.5) is 45.5 Å². The molecule has 0 bridgehead atoms. The summed E-state index contributed by atoms with van der Waals surface area (Å²) in [6, 6.07) is 140. The molecule has 0 aliphatic heterocycles. The Kier molecular flexibility index (Phi) is 17.4. The van der Waals surface area contributed by atoms with Crippen LogP contribution in [0.15, 0.2) is 401 Å². The molecule has 0 atom stereocenters. The molecule has 0 radical (unpaired) electrons. The minimum absolute atomic E-state index is 0.0347. The predicted octanol–water partition coefficient (Wildman–Crippen LogP) is 28.0. The number of hydrogen-bond acceptors (Lipinski definition) is 5. The fraction of sp³-hybridized carbons (Fsp3) is 0.0660. The minimum Gasteiger partial charge on any atom is -0.356 e. The first-order chi connectivity index (χ1) is 55.1. The van der Waals surface area contributed by atoms with E-state index in [0.717, 1.165) is 51.1 Å². The lowest BCUT2D eigenvalue weighted by molar-refractivity contribution is 0.660. The molecule has 0 saturated carbocycles. The molecule has 4 aliphatic carbocycles. The van der Waals surface area contributed by atoms with E-state index in [2.05, 4.69) is 398 Å². The van der Waals surface area contributed by atoms with Gasteiger partial charge in [0, 0.05) is 90.1 Å². The molecule has 4 N–H and O–H groups in total. The number of nitrogens with one attached hydrogen (secondary N) is 4. The van der Waals surface area contributed by atoms with Gasteiger partial charge < -0.3 is 25.8 Å². The summed E-state index contributed by atoms with van der Waals surface area (Å²) in [5.41, 5.74) is 36.2. The molecule has 4 aliphatic rings. The number of pyridine rings is 1. The van der Waals surface area contributed by atoms with Gasteiger partial charge in [0.15, 0.2) is 0 Å². The third-order valence-electron chi connectivity index (χ3n) is 23.2. The van der Waals surface area contributed by atoms with Crippen molar-refractivity contribution in [2.75, 3.05) is 21.3 Å². The van der Waals surface area contributed by atoms with Crippen LogP contribution in [0, 0.1) is 0 Å². The molecule has 2 aromatic heterocycles. The molecule has 0 unspecified atom stereocenters. The van der Waals surface area contributed by atoms with Crippen molar-refractivity contribution in [3.05, 3.63) is 445 Å². The van der Waals surface area contributed by atoms with Crippen LogP contribution in [0.2, 0.25) is 0 Å². The lowest BCUT2D eigenvalue weighted by Gasteiger charge is -2.30. The number of para-hydroxylation sites is 5. The highest BCUT2D eigenvalue weighted by Gasteiger charge is 2.51. The molecule has 112 heavy (non-hydrogen) atoms. The van der Waals surface area contributed by atoms with Crippen LogP contribution in [0.25, 0.3) is 94.0 Å². The van der Waals surface area contributed by atoms with Crippen molar-refractivity contribution in [3.8, 4) is 61.5 Å². The molecule has 536 valence electrons. The molecular weight excluding hydrogens is 1360 g/mol. The molecule has 18 aromatic rings. The van der Waals surface area contributed by atoms with E-state index in [1.807, 2.05) is 60.8 Å². The third-order valence-corrected chi connectivity index (χ3v) is 23.2. The molecule has 1 spiro atoms. The van der Waals surface area contributed by atoms with Crippen molar-refractivity contribution in [3.63, 3.8) is 0 Å². The highest BCUT2D eigenvalue weighted by Crippen LogP contribution is 2.63. The quantitative estimate of drug-likeness (QED) is 0.110. The van der Waals surface area contributed by atoms with E-state index in [-0.39, 0.29) is 16.2 Å². The van der Waals surface area contributed by atoms with Crippen molar-refractivity contribution in [1.82, 2.24) is 9.55 Å². The zero-order valence-electron chi connectivity index (χ0n) is 63.0. The second-order valence-corrected chi connectivity index (χ2v) is 30.4. The summed E-state index contributed by atoms with van der Waals surface area (Å²) >= 11 is 0. The standard InChI is InChI=1S/C31H21N.C29H21N3.C25H21N.C21H19N/c1-2-10-21(11-3-1)32-22-18-19-30-26(20-22)25-14-6-9-17-29(25)31(30)27-15-7-4-12-23(27)24-13-5-8-16-28(24)31;1-2-8-22(9-3-1)31-23-15-18-26-25-10-4-5-12-28(25)32(29(26)20-23)24-16-13-21(14-17-24)27-11-6-7-19-30-27;1-25(2)21-16-15-17-9-6-7-12-19(17)23(21)20-13-8-14-22(24(20)25)26-18-10-4-3-5-11-18;1-21(2)17-12-7-6-11-16(17)20-18(21)13-8-14-19(20)22-15-9-4-3-5-10-15/h1-20,32H;1-20,31H;3-16,26H,1-2H3;3-14,22H,1-2H3. The Hall–Kier alpha value is -14.1. The number of fused-ring (bicyclic) bond motifs is 21. The van der Waals surface area contributed by atoms with Crippen molar-refractivity contribution < 1.29 is 0 Å². The van der Waals surface area contributed by atoms with Gasteiger partial charge in [-0.05, 0) is 209 Å². The van der Waals surface area contributed by atoms with Gasteiger partial charge in [0.25, 0.3) is 0 Å².